The molecule has 0 saturated carbocycles. The molecular weight excluding hydrogens is 766 g/mol. The predicted octanol–water partition coefficient (Wildman–Crippen LogP) is 13.1. The standard InChI is InChI=1S/C46H28F8P2/c47-27-11-17-33(39(51)21-27)45(55,34-18-12-28(48)22-40(34)52)37-15-9-25-5-1-3-7-31(25)43(37)44-32-8-4-2-6-26(32)10-16-38(44)46(56,35-19-13-29(49)23-41(35)53)36-20-14-30(50)24-42(36)54/h1-24H,55-56H2. The Morgan fingerprint density at radius 1 is 0.304 bits per heavy atom. The van der Waals surface area contributed by atoms with E-state index in [0.717, 1.165) is 24.3 Å². The highest BCUT2D eigenvalue weighted by molar-refractivity contribution is 7.19. The normalized spacial score (nSPS) is 12.1. The van der Waals surface area contributed by atoms with Gasteiger partial charge < -0.3 is 0 Å². The summed E-state index contributed by atoms with van der Waals surface area (Å²) in [5.41, 5.74) is 0.460. The Morgan fingerprint density at radius 2 is 0.571 bits per heavy atom. The van der Waals surface area contributed by atoms with E-state index >= 15 is 17.6 Å². The summed E-state index contributed by atoms with van der Waals surface area (Å²) in [7, 11) is 5.03. The van der Waals surface area contributed by atoms with Crippen LogP contribution in [0.5, 0.6) is 0 Å². The monoisotopic (exact) mass is 794 g/mol. The lowest BCUT2D eigenvalue weighted by Crippen LogP contribution is -2.28. The average Bonchev–Trinajstić information content (AvgIpc) is 3.16. The van der Waals surface area contributed by atoms with Crippen LogP contribution in [0, 0.1) is 46.5 Å². The van der Waals surface area contributed by atoms with Gasteiger partial charge in [-0.05, 0) is 68.1 Å². The third kappa shape index (κ3) is 6.07. The zero-order valence-corrected chi connectivity index (χ0v) is 31.3. The van der Waals surface area contributed by atoms with Gasteiger partial charge in [0.25, 0.3) is 0 Å². The fourth-order valence-corrected chi connectivity index (χ4v) is 9.26. The maximum Gasteiger partial charge on any atom is 0.130 e. The Kier molecular flexibility index (Phi) is 9.55. The minimum absolute atomic E-state index is 0.181. The Labute approximate surface area is 321 Å². The quantitative estimate of drug-likeness (QED) is 0.0856. The number of hydrogen-bond donors (Lipinski definition) is 0. The van der Waals surface area contributed by atoms with E-state index in [1.165, 1.54) is 24.3 Å². The smallest absolute Gasteiger partial charge is 0.130 e. The lowest BCUT2D eigenvalue weighted by atomic mass is 9.73. The lowest BCUT2D eigenvalue weighted by molar-refractivity contribution is 0.547. The molecule has 56 heavy (non-hydrogen) atoms. The Balaban J connectivity index is 1.61. The third-order valence-corrected chi connectivity index (χ3v) is 12.2. The maximum atomic E-state index is 16.3. The molecule has 0 spiro atoms. The number of halogens is 8. The van der Waals surface area contributed by atoms with Gasteiger partial charge in [0.15, 0.2) is 0 Å². The molecule has 2 atom stereocenters. The van der Waals surface area contributed by atoms with Crippen molar-refractivity contribution in [1.29, 1.82) is 0 Å². The third-order valence-electron chi connectivity index (χ3n) is 10.4. The van der Waals surface area contributed by atoms with Gasteiger partial charge in [0, 0.05) is 46.5 Å². The molecule has 0 aliphatic rings. The fourth-order valence-electron chi connectivity index (χ4n) is 7.85. The van der Waals surface area contributed by atoms with Gasteiger partial charge in [-0.25, -0.2) is 35.1 Å². The van der Waals surface area contributed by atoms with E-state index in [1.807, 2.05) is 12.1 Å². The summed E-state index contributed by atoms with van der Waals surface area (Å²) in [6.45, 7) is 0. The van der Waals surface area contributed by atoms with Crippen LogP contribution >= 0.6 is 18.5 Å². The molecule has 0 N–H and O–H groups in total. The molecule has 0 bridgehead atoms. The SMILES string of the molecule is Fc1ccc(C(P)(c2ccc(F)cc2F)c2ccc3ccccc3c2-c2c(C(P)(c3ccc(F)cc3F)c3ccc(F)cc3F)ccc3ccccc23)c(F)c1. The van der Waals surface area contributed by atoms with Gasteiger partial charge in [0.2, 0.25) is 0 Å². The first-order valence-electron chi connectivity index (χ1n) is 17.3. The van der Waals surface area contributed by atoms with Crippen LogP contribution in [0.25, 0.3) is 32.7 Å². The first-order valence-corrected chi connectivity index (χ1v) is 18.4. The second-order valence-electron chi connectivity index (χ2n) is 13.5. The molecule has 0 radical (unpaired) electrons. The second-order valence-corrected chi connectivity index (χ2v) is 15.3. The summed E-state index contributed by atoms with van der Waals surface area (Å²) in [6, 6.07) is 32.7. The van der Waals surface area contributed by atoms with E-state index in [0.29, 0.717) is 56.9 Å². The van der Waals surface area contributed by atoms with Crippen LogP contribution in [-0.2, 0) is 10.3 Å². The highest BCUT2D eigenvalue weighted by Gasteiger charge is 2.43. The topological polar surface area (TPSA) is 0 Å². The van der Waals surface area contributed by atoms with Crippen molar-refractivity contribution in [1.82, 2.24) is 0 Å². The van der Waals surface area contributed by atoms with Gasteiger partial charge >= 0.3 is 0 Å². The zero-order chi connectivity index (χ0) is 39.5. The molecule has 278 valence electrons. The Bertz CT molecular complexity index is 2560. The molecule has 2 unspecified atom stereocenters. The van der Waals surface area contributed by atoms with Crippen molar-refractivity contribution in [2.45, 2.75) is 10.3 Å². The molecule has 8 aromatic carbocycles. The molecule has 0 saturated heterocycles. The Hall–Kier alpha value is -5.42. The Morgan fingerprint density at radius 3 is 0.857 bits per heavy atom. The van der Waals surface area contributed by atoms with Crippen LogP contribution in [0.1, 0.15) is 33.4 Å². The second kappa shape index (κ2) is 14.3. The number of rotatable bonds is 7. The minimum atomic E-state index is -1.91. The van der Waals surface area contributed by atoms with E-state index in [4.69, 9.17) is 0 Å². The molecule has 10 heteroatoms. The molecule has 0 fully saturated rings. The summed E-state index contributed by atoms with van der Waals surface area (Å²) in [6.07, 6.45) is 0. The van der Waals surface area contributed by atoms with Crippen LogP contribution in [0.4, 0.5) is 35.1 Å². The lowest BCUT2D eigenvalue weighted by Gasteiger charge is -2.38. The van der Waals surface area contributed by atoms with Gasteiger partial charge in [0.05, 0.1) is 10.3 Å². The summed E-state index contributed by atoms with van der Waals surface area (Å²) in [4.78, 5) is 0. The fraction of sp³-hybridized carbons (Fsp3) is 0.0435. The van der Waals surface area contributed by atoms with Crippen LogP contribution in [0.2, 0.25) is 0 Å². The van der Waals surface area contributed by atoms with Crippen molar-refractivity contribution in [2.24, 2.45) is 0 Å². The van der Waals surface area contributed by atoms with Gasteiger partial charge in [0.1, 0.15) is 46.5 Å². The van der Waals surface area contributed by atoms with Gasteiger partial charge in [-0.3, -0.25) is 0 Å². The molecule has 0 heterocycles. The molecule has 8 aromatic rings. The number of benzene rings is 8. The highest BCUT2D eigenvalue weighted by atomic mass is 31.0. The van der Waals surface area contributed by atoms with E-state index in [2.05, 4.69) is 18.5 Å². The predicted molar refractivity (Wildman–Crippen MR) is 212 cm³/mol. The first kappa shape index (κ1) is 37.5. The molecule has 0 aliphatic carbocycles. The highest BCUT2D eigenvalue weighted by Crippen LogP contribution is 2.57. The molecule has 0 aliphatic heterocycles. The largest absolute Gasteiger partial charge is 0.207 e. The van der Waals surface area contributed by atoms with E-state index in [-0.39, 0.29) is 33.4 Å². The van der Waals surface area contributed by atoms with Crippen molar-refractivity contribution < 1.29 is 35.1 Å². The van der Waals surface area contributed by atoms with E-state index in [9.17, 15) is 17.6 Å². The van der Waals surface area contributed by atoms with Crippen molar-refractivity contribution in [3.63, 3.8) is 0 Å². The van der Waals surface area contributed by atoms with E-state index in [1.54, 1.807) is 60.7 Å². The molecule has 0 amide bonds. The zero-order valence-electron chi connectivity index (χ0n) is 29.0. The number of hydrogen-bond acceptors (Lipinski definition) is 0. The van der Waals surface area contributed by atoms with Gasteiger partial charge in [-0.1, -0.05) is 97.1 Å². The van der Waals surface area contributed by atoms with Crippen LogP contribution in [0.15, 0.2) is 146 Å². The molecule has 8 rings (SSSR count). The van der Waals surface area contributed by atoms with Crippen LogP contribution in [-0.4, -0.2) is 0 Å². The first-order chi connectivity index (χ1) is 26.8. The average molecular weight is 795 g/mol. The molecule has 0 nitrogen and oxygen atoms in total. The van der Waals surface area contributed by atoms with Crippen molar-refractivity contribution in [3.05, 3.63) is 226 Å². The van der Waals surface area contributed by atoms with Crippen molar-refractivity contribution in [3.8, 4) is 11.1 Å². The van der Waals surface area contributed by atoms with Gasteiger partial charge in [-0.15, -0.1) is 18.5 Å². The maximum absolute atomic E-state index is 16.3. The summed E-state index contributed by atoms with van der Waals surface area (Å²) in [5, 5.41) is -1.38. The molecule has 0 aromatic heterocycles. The van der Waals surface area contributed by atoms with Crippen molar-refractivity contribution in [2.75, 3.05) is 0 Å². The van der Waals surface area contributed by atoms with Crippen molar-refractivity contribution >= 4 is 40.0 Å². The van der Waals surface area contributed by atoms with Crippen LogP contribution in [0.3, 0.4) is 0 Å². The minimum Gasteiger partial charge on any atom is -0.207 e. The summed E-state index contributed by atoms with van der Waals surface area (Å²) >= 11 is 0. The molecular formula is C46H28F8P2. The number of fused-ring (bicyclic) bond motifs is 2. The van der Waals surface area contributed by atoms with Gasteiger partial charge in [-0.2, -0.15) is 0 Å². The van der Waals surface area contributed by atoms with E-state index < -0.39 is 56.8 Å². The summed E-state index contributed by atoms with van der Waals surface area (Å²) < 4.78 is 123. The summed E-state index contributed by atoms with van der Waals surface area (Å²) in [5.74, 6) is -7.64. The van der Waals surface area contributed by atoms with Crippen LogP contribution < -0.4 is 0 Å².